The van der Waals surface area contributed by atoms with Gasteiger partial charge in [0, 0.05) is 5.56 Å². The largest absolute Gasteiger partial charge is 0.494 e. The minimum atomic E-state index is 0.151. The lowest BCUT2D eigenvalue weighted by molar-refractivity contribution is 0.314. The molecule has 2 atom stereocenters. The van der Waals surface area contributed by atoms with Gasteiger partial charge < -0.3 is 4.74 Å². The number of para-hydroxylation sites is 1. The summed E-state index contributed by atoms with van der Waals surface area (Å²) in [6.45, 7) is 7.09. The molecule has 3 N–H and O–H groups in total. The minimum Gasteiger partial charge on any atom is -0.494 e. The van der Waals surface area contributed by atoms with E-state index < -0.39 is 0 Å². The second-order valence-corrected chi connectivity index (χ2v) is 4.38. The molecule has 0 aliphatic rings. The molecule has 3 nitrogen and oxygen atoms in total. The van der Waals surface area contributed by atoms with E-state index >= 15 is 0 Å². The molecule has 1 aromatic carbocycles. The molecule has 96 valence electrons. The molecule has 0 aliphatic heterocycles. The van der Waals surface area contributed by atoms with Crippen LogP contribution in [-0.2, 0) is 0 Å². The third-order valence-corrected chi connectivity index (χ3v) is 3.05. The van der Waals surface area contributed by atoms with Crippen LogP contribution in [0.3, 0.4) is 0 Å². The van der Waals surface area contributed by atoms with Gasteiger partial charge in [0.15, 0.2) is 0 Å². The maximum absolute atomic E-state index is 5.70. The molecule has 0 saturated carbocycles. The van der Waals surface area contributed by atoms with Gasteiger partial charge in [-0.1, -0.05) is 38.5 Å². The van der Waals surface area contributed by atoms with Gasteiger partial charge in [0.1, 0.15) is 5.75 Å². The number of hydrogen-bond acceptors (Lipinski definition) is 3. The van der Waals surface area contributed by atoms with Gasteiger partial charge in [0.25, 0.3) is 0 Å². The number of rotatable bonds is 7. The van der Waals surface area contributed by atoms with Gasteiger partial charge in [0.05, 0.1) is 12.6 Å². The molecule has 0 amide bonds. The van der Waals surface area contributed by atoms with Gasteiger partial charge in [-0.15, -0.1) is 0 Å². The van der Waals surface area contributed by atoms with Crippen LogP contribution in [0.4, 0.5) is 0 Å². The van der Waals surface area contributed by atoms with Crippen molar-refractivity contribution in [2.75, 3.05) is 6.61 Å². The summed E-state index contributed by atoms with van der Waals surface area (Å²) < 4.78 is 5.65. The van der Waals surface area contributed by atoms with Gasteiger partial charge in [-0.25, -0.2) is 0 Å². The molecule has 0 radical (unpaired) electrons. The number of ether oxygens (including phenoxy) is 1. The molecule has 0 bridgehead atoms. The summed E-state index contributed by atoms with van der Waals surface area (Å²) in [6, 6.07) is 8.26. The van der Waals surface area contributed by atoms with Crippen LogP contribution in [0.1, 0.15) is 45.2 Å². The highest BCUT2D eigenvalue weighted by Crippen LogP contribution is 2.31. The first kappa shape index (κ1) is 14.0. The highest BCUT2D eigenvalue weighted by atomic mass is 16.5. The molecule has 0 saturated heterocycles. The maximum atomic E-state index is 5.70. The van der Waals surface area contributed by atoms with E-state index in [9.17, 15) is 0 Å². The quantitative estimate of drug-likeness (QED) is 0.565. The van der Waals surface area contributed by atoms with Crippen LogP contribution in [0.5, 0.6) is 5.75 Å². The van der Waals surface area contributed by atoms with Crippen molar-refractivity contribution in [1.29, 1.82) is 0 Å². The van der Waals surface area contributed by atoms with E-state index in [1.807, 2.05) is 25.1 Å². The summed E-state index contributed by atoms with van der Waals surface area (Å²) in [4.78, 5) is 0. The standard InChI is InChI=1S/C14H24N2O/c1-4-8-11(3)14(16-15)12-9-6-7-10-13(12)17-5-2/h6-7,9-11,14,16H,4-5,8,15H2,1-3H3. The number of hydrazine groups is 1. The van der Waals surface area contributed by atoms with Crippen LogP contribution in [0, 0.1) is 5.92 Å². The number of benzene rings is 1. The Morgan fingerprint density at radius 3 is 2.59 bits per heavy atom. The predicted octanol–water partition coefficient (Wildman–Crippen LogP) is 3.03. The molecule has 1 rings (SSSR count). The normalized spacial score (nSPS) is 14.4. The Hall–Kier alpha value is -1.06. The zero-order chi connectivity index (χ0) is 12.7. The molecule has 17 heavy (non-hydrogen) atoms. The molecule has 0 aliphatic carbocycles. The van der Waals surface area contributed by atoms with Gasteiger partial charge in [-0.05, 0) is 25.3 Å². The van der Waals surface area contributed by atoms with Gasteiger partial charge in [-0.3, -0.25) is 11.3 Å². The predicted molar refractivity (Wildman–Crippen MR) is 71.7 cm³/mol. The maximum Gasteiger partial charge on any atom is 0.124 e. The first-order valence-corrected chi connectivity index (χ1v) is 6.42. The van der Waals surface area contributed by atoms with Crippen LogP contribution >= 0.6 is 0 Å². The Labute approximate surface area is 104 Å². The third-order valence-electron chi connectivity index (χ3n) is 3.05. The second kappa shape index (κ2) is 7.30. The number of nitrogens with one attached hydrogen (secondary N) is 1. The third kappa shape index (κ3) is 3.72. The highest BCUT2D eigenvalue weighted by Gasteiger charge is 2.20. The first-order chi connectivity index (χ1) is 8.24. The van der Waals surface area contributed by atoms with E-state index in [0.717, 1.165) is 24.2 Å². The van der Waals surface area contributed by atoms with E-state index in [1.54, 1.807) is 0 Å². The topological polar surface area (TPSA) is 47.3 Å². The fraction of sp³-hybridized carbons (Fsp3) is 0.571. The van der Waals surface area contributed by atoms with Crippen LogP contribution in [0.25, 0.3) is 0 Å². The average Bonchev–Trinajstić information content (AvgIpc) is 2.33. The summed E-state index contributed by atoms with van der Waals surface area (Å²) in [5.41, 5.74) is 4.07. The first-order valence-electron chi connectivity index (χ1n) is 6.42. The summed E-state index contributed by atoms with van der Waals surface area (Å²) in [5.74, 6) is 7.12. The zero-order valence-corrected chi connectivity index (χ0v) is 11.1. The molecule has 0 heterocycles. The molecule has 0 aromatic heterocycles. The van der Waals surface area contributed by atoms with Crippen molar-refractivity contribution in [3.8, 4) is 5.75 Å². The average molecular weight is 236 g/mol. The second-order valence-electron chi connectivity index (χ2n) is 4.38. The molecule has 1 aromatic rings. The summed E-state index contributed by atoms with van der Waals surface area (Å²) in [7, 11) is 0. The molecule has 3 heteroatoms. The lowest BCUT2D eigenvalue weighted by Crippen LogP contribution is -2.32. The van der Waals surface area contributed by atoms with Gasteiger partial charge in [0.2, 0.25) is 0 Å². The van der Waals surface area contributed by atoms with Crippen molar-refractivity contribution in [1.82, 2.24) is 5.43 Å². The fourth-order valence-corrected chi connectivity index (χ4v) is 2.21. The van der Waals surface area contributed by atoms with Crippen LogP contribution in [-0.4, -0.2) is 6.61 Å². The summed E-state index contributed by atoms with van der Waals surface area (Å²) >= 11 is 0. The van der Waals surface area contributed by atoms with Crippen molar-refractivity contribution in [3.05, 3.63) is 29.8 Å². The fourth-order valence-electron chi connectivity index (χ4n) is 2.21. The van der Waals surface area contributed by atoms with E-state index in [1.165, 1.54) is 0 Å². The molecular weight excluding hydrogens is 212 g/mol. The summed E-state index contributed by atoms with van der Waals surface area (Å²) in [6.07, 6.45) is 2.31. The van der Waals surface area contributed by atoms with Crippen LogP contribution < -0.4 is 16.0 Å². The number of nitrogens with two attached hydrogens (primary N) is 1. The SMILES string of the molecule is CCCC(C)C(NN)c1ccccc1OCC. The van der Waals surface area contributed by atoms with Crippen molar-refractivity contribution in [2.45, 2.75) is 39.7 Å². The Balaban J connectivity index is 2.93. The van der Waals surface area contributed by atoms with Crippen LogP contribution in [0.2, 0.25) is 0 Å². The lowest BCUT2D eigenvalue weighted by atomic mass is 9.91. The van der Waals surface area contributed by atoms with Crippen molar-refractivity contribution in [2.24, 2.45) is 11.8 Å². The molecular formula is C14H24N2O. The Kier molecular flexibility index (Phi) is 6.01. The van der Waals surface area contributed by atoms with Gasteiger partial charge >= 0.3 is 0 Å². The zero-order valence-electron chi connectivity index (χ0n) is 11.1. The molecule has 2 unspecified atom stereocenters. The van der Waals surface area contributed by atoms with E-state index in [4.69, 9.17) is 10.6 Å². The van der Waals surface area contributed by atoms with E-state index in [2.05, 4.69) is 25.3 Å². The Morgan fingerprint density at radius 2 is 2.00 bits per heavy atom. The summed E-state index contributed by atoms with van der Waals surface area (Å²) in [5, 5.41) is 0. The highest BCUT2D eigenvalue weighted by molar-refractivity contribution is 5.36. The van der Waals surface area contributed by atoms with Gasteiger partial charge in [-0.2, -0.15) is 0 Å². The Morgan fingerprint density at radius 1 is 1.29 bits per heavy atom. The molecule has 0 fully saturated rings. The van der Waals surface area contributed by atoms with Crippen LogP contribution in [0.15, 0.2) is 24.3 Å². The van der Waals surface area contributed by atoms with E-state index in [0.29, 0.717) is 12.5 Å². The van der Waals surface area contributed by atoms with Crippen molar-refractivity contribution < 1.29 is 4.74 Å². The van der Waals surface area contributed by atoms with E-state index in [-0.39, 0.29) is 6.04 Å². The monoisotopic (exact) mass is 236 g/mol. The molecule has 0 spiro atoms. The smallest absolute Gasteiger partial charge is 0.124 e. The number of hydrogen-bond donors (Lipinski definition) is 2. The Bertz CT molecular complexity index is 328. The van der Waals surface area contributed by atoms with Crippen molar-refractivity contribution in [3.63, 3.8) is 0 Å². The minimum absolute atomic E-state index is 0.151. The lowest BCUT2D eigenvalue weighted by Gasteiger charge is -2.25. The van der Waals surface area contributed by atoms with Crippen molar-refractivity contribution >= 4 is 0 Å².